The summed E-state index contributed by atoms with van der Waals surface area (Å²) in [4.78, 5) is 4.54. The van der Waals surface area contributed by atoms with Crippen LogP contribution < -0.4 is 4.74 Å². The highest BCUT2D eigenvalue weighted by molar-refractivity contribution is 5.82. The van der Waals surface area contributed by atoms with E-state index in [1.165, 1.54) is 30.4 Å². The summed E-state index contributed by atoms with van der Waals surface area (Å²) in [6, 6.07) is 14.4. The maximum Gasteiger partial charge on any atom is 0.118 e. The smallest absolute Gasteiger partial charge is 0.118 e. The van der Waals surface area contributed by atoms with Crippen molar-refractivity contribution in [1.29, 1.82) is 0 Å². The number of hydrogen-bond acceptors (Lipinski definition) is 2. The Morgan fingerprint density at radius 2 is 1.79 bits per heavy atom. The number of benzene rings is 2. The van der Waals surface area contributed by atoms with Gasteiger partial charge in [0.1, 0.15) is 5.75 Å². The van der Waals surface area contributed by atoms with Crippen LogP contribution in [0.2, 0.25) is 0 Å². The lowest BCUT2D eigenvalue weighted by molar-refractivity contribution is 0.415. The van der Waals surface area contributed by atoms with Gasteiger partial charge < -0.3 is 4.74 Å². The van der Waals surface area contributed by atoms with Gasteiger partial charge in [-0.05, 0) is 72.4 Å². The van der Waals surface area contributed by atoms with Crippen LogP contribution in [0.5, 0.6) is 5.75 Å². The van der Waals surface area contributed by atoms with Crippen molar-refractivity contribution in [3.8, 4) is 5.75 Å². The summed E-state index contributed by atoms with van der Waals surface area (Å²) in [7, 11) is 1.67. The summed E-state index contributed by atoms with van der Waals surface area (Å²) in [6.45, 7) is 0. The van der Waals surface area contributed by atoms with Crippen molar-refractivity contribution in [2.24, 2.45) is 4.99 Å². The number of rotatable bonds is 3. The van der Waals surface area contributed by atoms with E-state index < -0.39 is 0 Å². The molecule has 0 saturated carbocycles. The fourth-order valence-corrected chi connectivity index (χ4v) is 2.48. The fraction of sp³-hybridized carbons (Fsp3) is 0.235. The standard InChI is InChI=1S/C17H17NO/c1-19-17-9-5-13(6-10-17)12-18-16-8-7-14-3-2-4-15(14)11-16/h5-12H,2-4H2,1H3. The summed E-state index contributed by atoms with van der Waals surface area (Å²) < 4.78 is 5.14. The summed E-state index contributed by atoms with van der Waals surface area (Å²) in [5, 5.41) is 0. The minimum Gasteiger partial charge on any atom is -0.497 e. The van der Waals surface area contributed by atoms with E-state index in [4.69, 9.17) is 4.74 Å². The Labute approximate surface area is 113 Å². The first-order valence-electron chi connectivity index (χ1n) is 6.65. The van der Waals surface area contributed by atoms with Crippen molar-refractivity contribution in [2.75, 3.05) is 7.11 Å². The number of methoxy groups -OCH3 is 1. The normalized spacial score (nSPS) is 13.7. The third kappa shape index (κ3) is 2.68. The summed E-state index contributed by atoms with van der Waals surface area (Å²) in [5.74, 6) is 0.870. The molecule has 0 bridgehead atoms. The molecule has 2 aromatic carbocycles. The predicted octanol–water partition coefficient (Wildman–Crippen LogP) is 3.93. The van der Waals surface area contributed by atoms with Gasteiger partial charge in [-0.1, -0.05) is 6.07 Å². The van der Waals surface area contributed by atoms with Crippen LogP contribution in [0.25, 0.3) is 0 Å². The van der Waals surface area contributed by atoms with Gasteiger partial charge in [0.15, 0.2) is 0 Å². The molecule has 0 heterocycles. The maximum absolute atomic E-state index is 5.14. The average molecular weight is 251 g/mol. The highest BCUT2D eigenvalue weighted by Crippen LogP contribution is 2.26. The molecule has 2 heteroatoms. The zero-order valence-corrected chi connectivity index (χ0v) is 11.1. The molecule has 1 aliphatic carbocycles. The van der Waals surface area contributed by atoms with Gasteiger partial charge >= 0.3 is 0 Å². The monoisotopic (exact) mass is 251 g/mol. The number of fused-ring (bicyclic) bond motifs is 1. The first kappa shape index (κ1) is 12.0. The van der Waals surface area contributed by atoms with Crippen LogP contribution in [-0.4, -0.2) is 13.3 Å². The maximum atomic E-state index is 5.14. The molecule has 0 spiro atoms. The molecule has 0 radical (unpaired) electrons. The summed E-state index contributed by atoms with van der Waals surface area (Å²) in [5.41, 5.74) is 5.07. The molecule has 0 atom stereocenters. The largest absolute Gasteiger partial charge is 0.497 e. The van der Waals surface area contributed by atoms with Crippen molar-refractivity contribution in [1.82, 2.24) is 0 Å². The van der Waals surface area contributed by atoms with Crippen LogP contribution in [0.15, 0.2) is 47.5 Å². The second kappa shape index (κ2) is 5.27. The van der Waals surface area contributed by atoms with Gasteiger partial charge in [-0.3, -0.25) is 4.99 Å². The van der Waals surface area contributed by atoms with Gasteiger partial charge in [0.05, 0.1) is 12.8 Å². The molecule has 19 heavy (non-hydrogen) atoms. The third-order valence-electron chi connectivity index (χ3n) is 3.56. The fourth-order valence-electron chi connectivity index (χ4n) is 2.48. The molecule has 3 rings (SSSR count). The van der Waals surface area contributed by atoms with Gasteiger partial charge in [0.25, 0.3) is 0 Å². The molecule has 0 fully saturated rings. The van der Waals surface area contributed by atoms with E-state index in [1.54, 1.807) is 7.11 Å². The molecule has 1 aliphatic rings. The van der Waals surface area contributed by atoms with Crippen molar-refractivity contribution in [2.45, 2.75) is 19.3 Å². The first-order valence-corrected chi connectivity index (χ1v) is 6.65. The first-order chi connectivity index (χ1) is 9.35. The minimum atomic E-state index is 0.870. The van der Waals surface area contributed by atoms with Crippen LogP contribution in [0.1, 0.15) is 23.1 Å². The Kier molecular flexibility index (Phi) is 3.32. The van der Waals surface area contributed by atoms with Gasteiger partial charge in [0, 0.05) is 6.21 Å². The lowest BCUT2D eigenvalue weighted by Gasteiger charge is -2.01. The lowest BCUT2D eigenvalue weighted by atomic mass is 10.1. The highest BCUT2D eigenvalue weighted by atomic mass is 16.5. The third-order valence-corrected chi connectivity index (χ3v) is 3.56. The van der Waals surface area contributed by atoms with Crippen molar-refractivity contribution < 1.29 is 4.74 Å². The summed E-state index contributed by atoms with van der Waals surface area (Å²) >= 11 is 0. The SMILES string of the molecule is COc1ccc(C=Nc2ccc3c(c2)CCC3)cc1. The molecule has 0 aromatic heterocycles. The Morgan fingerprint density at radius 1 is 1.00 bits per heavy atom. The average Bonchev–Trinajstić information content (AvgIpc) is 2.93. The number of aliphatic imine (C=N–C) groups is 1. The molecule has 2 aromatic rings. The molecule has 0 amide bonds. The Bertz CT molecular complexity index is 599. The van der Waals surface area contributed by atoms with Gasteiger partial charge in [-0.15, -0.1) is 0 Å². The van der Waals surface area contributed by atoms with E-state index in [9.17, 15) is 0 Å². The van der Waals surface area contributed by atoms with Gasteiger partial charge in [0.2, 0.25) is 0 Å². The Morgan fingerprint density at radius 3 is 2.58 bits per heavy atom. The van der Waals surface area contributed by atoms with E-state index in [2.05, 4.69) is 23.2 Å². The Hall–Kier alpha value is -2.09. The second-order valence-corrected chi connectivity index (χ2v) is 4.84. The molecule has 0 N–H and O–H groups in total. The zero-order chi connectivity index (χ0) is 13.1. The molecule has 0 aliphatic heterocycles. The van der Waals surface area contributed by atoms with E-state index in [0.717, 1.165) is 17.0 Å². The summed E-state index contributed by atoms with van der Waals surface area (Å²) in [6.07, 6.45) is 5.59. The van der Waals surface area contributed by atoms with Crippen LogP contribution in [0.3, 0.4) is 0 Å². The van der Waals surface area contributed by atoms with Crippen molar-refractivity contribution in [3.63, 3.8) is 0 Å². The van der Waals surface area contributed by atoms with Crippen LogP contribution in [0.4, 0.5) is 5.69 Å². The lowest BCUT2D eigenvalue weighted by Crippen LogP contribution is -1.85. The number of aryl methyl sites for hydroxylation is 2. The molecule has 0 saturated heterocycles. The molecular weight excluding hydrogens is 234 g/mol. The second-order valence-electron chi connectivity index (χ2n) is 4.84. The quantitative estimate of drug-likeness (QED) is 0.757. The van der Waals surface area contributed by atoms with Crippen LogP contribution in [0, 0.1) is 0 Å². The minimum absolute atomic E-state index is 0.870. The molecular formula is C17H17NO. The predicted molar refractivity (Wildman–Crippen MR) is 78.7 cm³/mol. The molecule has 2 nitrogen and oxygen atoms in total. The van der Waals surface area contributed by atoms with Crippen LogP contribution in [-0.2, 0) is 12.8 Å². The van der Waals surface area contributed by atoms with E-state index in [1.807, 2.05) is 30.5 Å². The van der Waals surface area contributed by atoms with Crippen LogP contribution >= 0.6 is 0 Å². The van der Waals surface area contributed by atoms with Crippen molar-refractivity contribution in [3.05, 3.63) is 59.2 Å². The zero-order valence-electron chi connectivity index (χ0n) is 11.1. The van der Waals surface area contributed by atoms with E-state index >= 15 is 0 Å². The topological polar surface area (TPSA) is 21.6 Å². The molecule has 0 unspecified atom stereocenters. The number of nitrogens with zero attached hydrogens (tertiary/aromatic N) is 1. The van der Waals surface area contributed by atoms with E-state index in [0.29, 0.717) is 0 Å². The van der Waals surface area contributed by atoms with E-state index in [-0.39, 0.29) is 0 Å². The van der Waals surface area contributed by atoms with Gasteiger partial charge in [-0.25, -0.2) is 0 Å². The number of ether oxygens (including phenoxy) is 1. The Balaban J connectivity index is 1.78. The van der Waals surface area contributed by atoms with Crippen molar-refractivity contribution >= 4 is 11.9 Å². The number of hydrogen-bond donors (Lipinski definition) is 0. The van der Waals surface area contributed by atoms with Gasteiger partial charge in [-0.2, -0.15) is 0 Å². The highest BCUT2D eigenvalue weighted by Gasteiger charge is 2.09. The molecule has 96 valence electrons.